The van der Waals surface area contributed by atoms with Gasteiger partial charge in [0.05, 0.1) is 0 Å². The second-order valence-electron chi connectivity index (χ2n) is 6.69. The fourth-order valence-corrected chi connectivity index (χ4v) is 3.48. The number of likely N-dealkylation sites (tertiary alicyclic amines) is 1. The van der Waals surface area contributed by atoms with Crippen molar-refractivity contribution < 1.29 is 4.79 Å². The lowest BCUT2D eigenvalue weighted by atomic mass is 9.80. The summed E-state index contributed by atoms with van der Waals surface area (Å²) in [6.45, 7) is 8.26. The number of nitrogens with zero attached hydrogens (tertiary/aromatic N) is 2. The third kappa shape index (κ3) is 5.18. The molecular formula is C17H32N4O. The Balaban J connectivity index is 1.79. The zero-order valence-electron chi connectivity index (χ0n) is 14.2. The van der Waals surface area contributed by atoms with Crippen LogP contribution in [0.4, 0.5) is 0 Å². The van der Waals surface area contributed by atoms with E-state index in [9.17, 15) is 4.79 Å². The van der Waals surface area contributed by atoms with Crippen molar-refractivity contribution in [2.75, 3.05) is 32.7 Å². The minimum absolute atomic E-state index is 0.153. The van der Waals surface area contributed by atoms with Gasteiger partial charge in [-0.25, -0.2) is 4.99 Å². The van der Waals surface area contributed by atoms with E-state index in [0.717, 1.165) is 56.8 Å². The first kappa shape index (κ1) is 17.1. The van der Waals surface area contributed by atoms with Gasteiger partial charge >= 0.3 is 0 Å². The number of hydrogen-bond acceptors (Lipinski definition) is 2. The SMILES string of the molecule is CCNC(=NCC(=O)N1CCCC1)NCC1CCCCC1C. The topological polar surface area (TPSA) is 56.7 Å². The summed E-state index contributed by atoms with van der Waals surface area (Å²) >= 11 is 0. The molecule has 5 heteroatoms. The molecule has 0 spiro atoms. The van der Waals surface area contributed by atoms with E-state index in [1.807, 2.05) is 4.90 Å². The number of hydrogen-bond donors (Lipinski definition) is 2. The Morgan fingerprint density at radius 2 is 1.86 bits per heavy atom. The molecule has 0 aromatic heterocycles. The molecule has 2 fully saturated rings. The van der Waals surface area contributed by atoms with Gasteiger partial charge in [-0.2, -0.15) is 0 Å². The molecule has 0 aromatic rings. The maximum absolute atomic E-state index is 12.1. The van der Waals surface area contributed by atoms with Crippen molar-refractivity contribution in [3.8, 4) is 0 Å². The highest BCUT2D eigenvalue weighted by molar-refractivity contribution is 5.85. The molecule has 126 valence electrons. The molecule has 1 saturated heterocycles. The molecule has 5 nitrogen and oxygen atoms in total. The van der Waals surface area contributed by atoms with Crippen LogP contribution in [-0.2, 0) is 4.79 Å². The van der Waals surface area contributed by atoms with E-state index in [2.05, 4.69) is 29.5 Å². The van der Waals surface area contributed by atoms with Crippen LogP contribution in [0, 0.1) is 11.8 Å². The molecule has 0 aromatic carbocycles. The second kappa shape index (κ2) is 9.01. The number of rotatable bonds is 5. The lowest BCUT2D eigenvalue weighted by molar-refractivity contribution is -0.128. The minimum atomic E-state index is 0.153. The summed E-state index contributed by atoms with van der Waals surface area (Å²) in [5.74, 6) is 2.45. The number of amides is 1. The van der Waals surface area contributed by atoms with Crippen LogP contribution in [0.1, 0.15) is 52.4 Å². The average Bonchev–Trinajstić information content (AvgIpc) is 3.05. The van der Waals surface area contributed by atoms with E-state index in [0.29, 0.717) is 0 Å². The van der Waals surface area contributed by atoms with E-state index in [1.165, 1.54) is 25.7 Å². The van der Waals surface area contributed by atoms with Crippen molar-refractivity contribution in [3.63, 3.8) is 0 Å². The molecule has 1 aliphatic carbocycles. The Kier molecular flexibility index (Phi) is 7.00. The Hall–Kier alpha value is -1.26. The highest BCUT2D eigenvalue weighted by Crippen LogP contribution is 2.28. The molecule has 2 atom stereocenters. The van der Waals surface area contributed by atoms with E-state index < -0.39 is 0 Å². The van der Waals surface area contributed by atoms with Crippen molar-refractivity contribution in [1.29, 1.82) is 0 Å². The lowest BCUT2D eigenvalue weighted by Gasteiger charge is -2.29. The quantitative estimate of drug-likeness (QED) is 0.603. The van der Waals surface area contributed by atoms with Crippen molar-refractivity contribution >= 4 is 11.9 Å². The van der Waals surface area contributed by atoms with Crippen molar-refractivity contribution in [1.82, 2.24) is 15.5 Å². The largest absolute Gasteiger partial charge is 0.357 e. The van der Waals surface area contributed by atoms with Gasteiger partial charge in [0.25, 0.3) is 0 Å². The molecule has 22 heavy (non-hydrogen) atoms. The van der Waals surface area contributed by atoms with E-state index in [1.54, 1.807) is 0 Å². The molecular weight excluding hydrogens is 276 g/mol. The van der Waals surface area contributed by atoms with Crippen LogP contribution in [0.15, 0.2) is 4.99 Å². The summed E-state index contributed by atoms with van der Waals surface area (Å²) in [6.07, 6.45) is 7.63. The highest BCUT2D eigenvalue weighted by Gasteiger charge is 2.21. The maximum atomic E-state index is 12.1. The summed E-state index contributed by atoms with van der Waals surface area (Å²) in [4.78, 5) is 18.5. The predicted octanol–water partition coefficient (Wildman–Crippen LogP) is 1.99. The van der Waals surface area contributed by atoms with Crippen molar-refractivity contribution in [2.45, 2.75) is 52.4 Å². The molecule has 2 aliphatic rings. The normalized spacial score (nSPS) is 26.1. The van der Waals surface area contributed by atoms with Gasteiger partial charge in [0.2, 0.25) is 5.91 Å². The van der Waals surface area contributed by atoms with Gasteiger partial charge in [0.1, 0.15) is 6.54 Å². The number of aliphatic imine (C=N–C) groups is 1. The van der Waals surface area contributed by atoms with Gasteiger partial charge in [-0.1, -0.05) is 26.2 Å². The Bertz CT molecular complexity index is 377. The Morgan fingerprint density at radius 1 is 1.14 bits per heavy atom. The van der Waals surface area contributed by atoms with Gasteiger partial charge in [-0.3, -0.25) is 4.79 Å². The zero-order valence-corrected chi connectivity index (χ0v) is 14.2. The van der Waals surface area contributed by atoms with Crippen molar-refractivity contribution in [3.05, 3.63) is 0 Å². The predicted molar refractivity (Wildman–Crippen MR) is 90.9 cm³/mol. The van der Waals surface area contributed by atoms with Gasteiger partial charge < -0.3 is 15.5 Å². The van der Waals surface area contributed by atoms with E-state index >= 15 is 0 Å². The van der Waals surface area contributed by atoms with E-state index in [4.69, 9.17) is 0 Å². The van der Waals surface area contributed by atoms with Crippen LogP contribution in [0.25, 0.3) is 0 Å². The molecule has 1 heterocycles. The smallest absolute Gasteiger partial charge is 0.244 e. The molecule has 2 unspecified atom stereocenters. The molecule has 1 saturated carbocycles. The third-order valence-electron chi connectivity index (χ3n) is 5.00. The summed E-state index contributed by atoms with van der Waals surface area (Å²) in [5, 5.41) is 6.69. The first-order chi connectivity index (χ1) is 10.7. The van der Waals surface area contributed by atoms with Crippen LogP contribution in [0.3, 0.4) is 0 Å². The molecule has 0 bridgehead atoms. The van der Waals surface area contributed by atoms with Crippen LogP contribution in [-0.4, -0.2) is 49.5 Å². The number of carbonyl (C=O) groups is 1. The average molecular weight is 308 g/mol. The van der Waals surface area contributed by atoms with Gasteiger partial charge in [-0.05, 0) is 38.0 Å². The fraction of sp³-hybridized carbons (Fsp3) is 0.882. The van der Waals surface area contributed by atoms with Crippen LogP contribution in [0.2, 0.25) is 0 Å². The van der Waals surface area contributed by atoms with Crippen LogP contribution < -0.4 is 10.6 Å². The minimum Gasteiger partial charge on any atom is -0.357 e. The number of nitrogens with one attached hydrogen (secondary N) is 2. The van der Waals surface area contributed by atoms with Gasteiger partial charge in [-0.15, -0.1) is 0 Å². The number of carbonyl (C=O) groups excluding carboxylic acids is 1. The summed E-state index contributed by atoms with van der Waals surface area (Å²) in [7, 11) is 0. The molecule has 2 N–H and O–H groups in total. The summed E-state index contributed by atoms with van der Waals surface area (Å²) in [6, 6.07) is 0. The standard InChI is InChI=1S/C17H32N4O/c1-3-18-17(19-12-15-9-5-4-8-14(15)2)20-13-16(22)21-10-6-7-11-21/h14-15H,3-13H2,1-2H3,(H2,18,19,20). The monoisotopic (exact) mass is 308 g/mol. The molecule has 1 aliphatic heterocycles. The maximum Gasteiger partial charge on any atom is 0.244 e. The van der Waals surface area contributed by atoms with E-state index in [-0.39, 0.29) is 12.5 Å². The summed E-state index contributed by atoms with van der Waals surface area (Å²) in [5.41, 5.74) is 0. The zero-order chi connectivity index (χ0) is 15.8. The van der Waals surface area contributed by atoms with Gasteiger partial charge in [0, 0.05) is 26.2 Å². The van der Waals surface area contributed by atoms with Crippen LogP contribution >= 0.6 is 0 Å². The fourth-order valence-electron chi connectivity index (χ4n) is 3.48. The molecule has 1 amide bonds. The third-order valence-corrected chi connectivity index (χ3v) is 5.00. The first-order valence-corrected chi connectivity index (χ1v) is 9.00. The van der Waals surface area contributed by atoms with Crippen molar-refractivity contribution in [2.24, 2.45) is 16.8 Å². The molecule has 2 rings (SSSR count). The van der Waals surface area contributed by atoms with Gasteiger partial charge in [0.15, 0.2) is 5.96 Å². The first-order valence-electron chi connectivity index (χ1n) is 9.00. The van der Waals surface area contributed by atoms with Crippen LogP contribution in [0.5, 0.6) is 0 Å². The second-order valence-corrected chi connectivity index (χ2v) is 6.69. The Morgan fingerprint density at radius 3 is 2.55 bits per heavy atom. The molecule has 0 radical (unpaired) electrons. The lowest BCUT2D eigenvalue weighted by Crippen LogP contribution is -2.42. The summed E-state index contributed by atoms with van der Waals surface area (Å²) < 4.78 is 0. The highest BCUT2D eigenvalue weighted by atomic mass is 16.2. The Labute approximate surface area is 134 Å². The number of guanidine groups is 1.